The number of fused-ring (bicyclic) bond motifs is 1. The van der Waals surface area contributed by atoms with Crippen LogP contribution in [0, 0.1) is 5.92 Å². The zero-order valence-electron chi connectivity index (χ0n) is 19.7. The molecule has 0 radical (unpaired) electrons. The van der Waals surface area contributed by atoms with Gasteiger partial charge in [-0.2, -0.15) is 13.2 Å². The van der Waals surface area contributed by atoms with Crippen LogP contribution in [0.3, 0.4) is 0 Å². The first-order chi connectivity index (χ1) is 17.3. The average molecular weight is 497 g/mol. The van der Waals surface area contributed by atoms with E-state index in [-0.39, 0.29) is 23.9 Å². The Morgan fingerprint density at radius 1 is 0.972 bits per heavy atom. The van der Waals surface area contributed by atoms with Crippen LogP contribution in [-0.4, -0.2) is 23.3 Å². The van der Waals surface area contributed by atoms with Gasteiger partial charge in [-0.25, -0.2) is 0 Å². The van der Waals surface area contributed by atoms with Crippen LogP contribution in [0.5, 0.6) is 0 Å². The van der Waals surface area contributed by atoms with Crippen molar-refractivity contribution in [3.63, 3.8) is 0 Å². The molecule has 0 unspecified atom stereocenters. The second-order valence-corrected chi connectivity index (χ2v) is 9.52. The largest absolute Gasteiger partial charge is 0.461 e. The van der Waals surface area contributed by atoms with Crippen LogP contribution >= 0.6 is 0 Å². The summed E-state index contributed by atoms with van der Waals surface area (Å²) in [5.41, 5.74) is 1.60. The topological polar surface area (TPSA) is 62.6 Å². The zero-order chi connectivity index (χ0) is 25.3. The molecule has 1 aliphatic carbocycles. The molecule has 2 heterocycles. The summed E-state index contributed by atoms with van der Waals surface area (Å²) >= 11 is 0. The Bertz CT molecular complexity index is 1260. The van der Waals surface area contributed by atoms with Crippen molar-refractivity contribution >= 4 is 17.5 Å². The molecule has 3 aromatic rings. The fourth-order valence-electron chi connectivity index (χ4n) is 4.99. The number of hydrogen-bond acceptors (Lipinski definition) is 3. The Hall–Kier alpha value is -3.55. The molecule has 36 heavy (non-hydrogen) atoms. The Kier molecular flexibility index (Phi) is 6.60. The molecule has 0 bridgehead atoms. The van der Waals surface area contributed by atoms with Crippen molar-refractivity contribution < 1.29 is 27.2 Å². The van der Waals surface area contributed by atoms with Crippen LogP contribution in [0.15, 0.2) is 59.0 Å². The standard InChI is InChI=1S/C28H27F3N2O3/c29-28(30,31)22-8-4-7-20(15-22)27(35)33-14-13-24-21(17-33)16-25(36-24)18-9-11-23(12-10-18)32-26(34)19-5-2-1-3-6-19/h4,7-12,15-16,19H,1-3,5-6,13-14,17H2,(H,32,34). The number of nitrogens with one attached hydrogen (secondary N) is 1. The van der Waals surface area contributed by atoms with Crippen molar-refractivity contribution in [2.75, 3.05) is 11.9 Å². The van der Waals surface area contributed by atoms with Gasteiger partial charge < -0.3 is 14.6 Å². The number of halogens is 3. The summed E-state index contributed by atoms with van der Waals surface area (Å²) in [7, 11) is 0. The molecule has 1 saturated carbocycles. The molecule has 2 aromatic carbocycles. The SMILES string of the molecule is O=C(Nc1ccc(-c2cc3c(o2)CCN(C(=O)c2cccc(C(F)(F)F)c2)C3)cc1)C1CCCCC1. The van der Waals surface area contributed by atoms with E-state index in [1.165, 1.54) is 18.6 Å². The van der Waals surface area contributed by atoms with E-state index in [1.54, 1.807) is 4.90 Å². The second-order valence-electron chi connectivity index (χ2n) is 9.52. The van der Waals surface area contributed by atoms with Gasteiger partial charge in [0.15, 0.2) is 0 Å². The van der Waals surface area contributed by atoms with E-state index < -0.39 is 17.6 Å². The number of amides is 2. The maximum Gasteiger partial charge on any atom is 0.416 e. The van der Waals surface area contributed by atoms with Crippen molar-refractivity contribution in [1.29, 1.82) is 0 Å². The molecule has 1 fully saturated rings. The zero-order valence-corrected chi connectivity index (χ0v) is 19.7. The van der Waals surface area contributed by atoms with Crippen LogP contribution in [0.2, 0.25) is 0 Å². The lowest BCUT2D eigenvalue weighted by atomic mass is 9.88. The first-order valence-electron chi connectivity index (χ1n) is 12.3. The number of furan rings is 1. The van der Waals surface area contributed by atoms with Crippen molar-refractivity contribution in [1.82, 2.24) is 4.90 Å². The van der Waals surface area contributed by atoms with Gasteiger partial charge in [-0.3, -0.25) is 9.59 Å². The van der Waals surface area contributed by atoms with E-state index in [0.29, 0.717) is 18.7 Å². The number of alkyl halides is 3. The fraction of sp³-hybridized carbons (Fsp3) is 0.357. The molecule has 2 amide bonds. The van der Waals surface area contributed by atoms with E-state index in [4.69, 9.17) is 4.42 Å². The molecule has 5 rings (SSSR count). The van der Waals surface area contributed by atoms with Crippen molar-refractivity contribution in [3.8, 4) is 11.3 Å². The number of rotatable bonds is 4. The number of benzene rings is 2. The second kappa shape index (κ2) is 9.84. The molecule has 2 aliphatic rings. The number of hydrogen-bond donors (Lipinski definition) is 1. The van der Waals surface area contributed by atoms with E-state index in [1.807, 2.05) is 30.3 Å². The minimum Gasteiger partial charge on any atom is -0.461 e. The summed E-state index contributed by atoms with van der Waals surface area (Å²) in [5.74, 6) is 1.14. The van der Waals surface area contributed by atoms with E-state index >= 15 is 0 Å². The average Bonchev–Trinajstić information content (AvgIpc) is 3.32. The predicted octanol–water partition coefficient (Wildman–Crippen LogP) is 6.68. The Labute approximate surface area is 207 Å². The maximum absolute atomic E-state index is 13.0. The number of carbonyl (C=O) groups excluding carboxylic acids is 2. The van der Waals surface area contributed by atoms with E-state index in [0.717, 1.165) is 60.4 Å². The minimum atomic E-state index is -4.50. The van der Waals surface area contributed by atoms with Gasteiger partial charge in [0.1, 0.15) is 11.5 Å². The third-order valence-corrected chi connectivity index (χ3v) is 7.00. The summed E-state index contributed by atoms with van der Waals surface area (Å²) < 4.78 is 45.2. The Balaban J connectivity index is 1.25. The number of nitrogens with zero attached hydrogens (tertiary/aromatic N) is 1. The normalized spacial score (nSPS) is 16.5. The van der Waals surface area contributed by atoms with Gasteiger partial charge in [-0.15, -0.1) is 0 Å². The van der Waals surface area contributed by atoms with Gasteiger partial charge >= 0.3 is 6.18 Å². The summed E-state index contributed by atoms with van der Waals surface area (Å²) in [6.07, 6.45) is 1.26. The van der Waals surface area contributed by atoms with E-state index in [9.17, 15) is 22.8 Å². The first kappa shape index (κ1) is 24.2. The number of anilines is 1. The molecular formula is C28H27F3N2O3. The minimum absolute atomic E-state index is 0.0165. The quantitative estimate of drug-likeness (QED) is 0.438. The Morgan fingerprint density at radius 2 is 1.72 bits per heavy atom. The third kappa shape index (κ3) is 5.17. The summed E-state index contributed by atoms with van der Waals surface area (Å²) in [4.78, 5) is 26.9. The van der Waals surface area contributed by atoms with Gasteiger partial charge in [0.05, 0.1) is 5.56 Å². The first-order valence-corrected chi connectivity index (χ1v) is 12.3. The van der Waals surface area contributed by atoms with Gasteiger partial charge in [-0.1, -0.05) is 25.3 Å². The highest BCUT2D eigenvalue weighted by atomic mass is 19.4. The monoisotopic (exact) mass is 496 g/mol. The van der Waals surface area contributed by atoms with Crippen molar-refractivity contribution in [3.05, 3.63) is 77.0 Å². The van der Waals surface area contributed by atoms with Crippen LogP contribution < -0.4 is 5.32 Å². The lowest BCUT2D eigenvalue weighted by Gasteiger charge is -2.26. The van der Waals surface area contributed by atoms with Gasteiger partial charge in [-0.05, 0) is 61.4 Å². The number of carbonyl (C=O) groups is 2. The molecule has 0 spiro atoms. The molecule has 8 heteroatoms. The lowest BCUT2D eigenvalue weighted by Crippen LogP contribution is -2.35. The maximum atomic E-state index is 13.0. The molecule has 5 nitrogen and oxygen atoms in total. The van der Waals surface area contributed by atoms with Gasteiger partial charge in [0.2, 0.25) is 5.91 Å². The van der Waals surface area contributed by atoms with Gasteiger partial charge in [0, 0.05) is 47.8 Å². The highest BCUT2D eigenvalue weighted by Gasteiger charge is 2.32. The highest BCUT2D eigenvalue weighted by Crippen LogP contribution is 2.33. The smallest absolute Gasteiger partial charge is 0.416 e. The van der Waals surface area contributed by atoms with Crippen LogP contribution in [0.4, 0.5) is 18.9 Å². The summed E-state index contributed by atoms with van der Waals surface area (Å²) in [6, 6.07) is 13.8. The lowest BCUT2D eigenvalue weighted by molar-refractivity contribution is -0.137. The molecule has 0 atom stereocenters. The van der Waals surface area contributed by atoms with E-state index in [2.05, 4.69) is 5.32 Å². The summed E-state index contributed by atoms with van der Waals surface area (Å²) in [6.45, 7) is 0.630. The molecule has 1 aromatic heterocycles. The van der Waals surface area contributed by atoms with Gasteiger partial charge in [0.25, 0.3) is 5.91 Å². The molecule has 1 N–H and O–H groups in total. The predicted molar refractivity (Wildman–Crippen MR) is 129 cm³/mol. The van der Waals surface area contributed by atoms with Crippen molar-refractivity contribution in [2.45, 2.75) is 51.2 Å². The molecular weight excluding hydrogens is 469 g/mol. The van der Waals surface area contributed by atoms with Crippen LogP contribution in [0.1, 0.15) is 59.3 Å². The third-order valence-electron chi connectivity index (χ3n) is 7.00. The van der Waals surface area contributed by atoms with Crippen LogP contribution in [0.25, 0.3) is 11.3 Å². The summed E-state index contributed by atoms with van der Waals surface area (Å²) in [5, 5.41) is 3.00. The Morgan fingerprint density at radius 3 is 2.44 bits per heavy atom. The van der Waals surface area contributed by atoms with Crippen LogP contribution in [-0.2, 0) is 23.9 Å². The molecule has 0 saturated heterocycles. The molecule has 1 aliphatic heterocycles. The van der Waals surface area contributed by atoms with Crippen molar-refractivity contribution in [2.24, 2.45) is 5.92 Å². The highest BCUT2D eigenvalue weighted by molar-refractivity contribution is 5.94. The molecule has 188 valence electrons. The fourth-order valence-corrected chi connectivity index (χ4v) is 4.99.